The molecule has 0 spiro atoms. The van der Waals surface area contributed by atoms with E-state index < -0.39 is 10.0 Å². The maximum absolute atomic E-state index is 12.6. The Kier molecular flexibility index (Phi) is 7.13. The van der Waals surface area contributed by atoms with E-state index >= 15 is 0 Å². The molecular formula is C20H29N3O5S. The van der Waals surface area contributed by atoms with Crippen molar-refractivity contribution < 1.29 is 22.7 Å². The molecule has 1 aromatic carbocycles. The molecule has 9 heteroatoms. The van der Waals surface area contributed by atoms with Crippen LogP contribution < -0.4 is 10.1 Å². The number of sulfonamides is 1. The van der Waals surface area contributed by atoms with E-state index in [0.29, 0.717) is 51.2 Å². The first-order valence-electron chi connectivity index (χ1n) is 10.1. The predicted octanol–water partition coefficient (Wildman–Crippen LogP) is 0.844. The maximum Gasteiger partial charge on any atom is 0.260 e. The summed E-state index contributed by atoms with van der Waals surface area (Å²) in [7, 11) is -3.44. The van der Waals surface area contributed by atoms with Crippen LogP contribution in [-0.2, 0) is 19.6 Å². The van der Waals surface area contributed by atoms with Crippen LogP contribution in [0.5, 0.6) is 5.75 Å². The van der Waals surface area contributed by atoms with Gasteiger partial charge in [-0.05, 0) is 31.4 Å². The Morgan fingerprint density at radius 3 is 2.62 bits per heavy atom. The molecule has 1 N–H and O–H groups in total. The van der Waals surface area contributed by atoms with Crippen LogP contribution in [-0.4, -0.2) is 74.5 Å². The fraction of sp³-hybridized carbons (Fsp3) is 0.600. The van der Waals surface area contributed by atoms with Crippen molar-refractivity contribution in [3.63, 3.8) is 0 Å². The van der Waals surface area contributed by atoms with Crippen molar-refractivity contribution in [2.24, 2.45) is 5.92 Å². The van der Waals surface area contributed by atoms with Crippen LogP contribution in [0.1, 0.15) is 25.7 Å². The smallest absolute Gasteiger partial charge is 0.260 e. The van der Waals surface area contributed by atoms with Crippen LogP contribution in [0, 0.1) is 5.92 Å². The first-order chi connectivity index (χ1) is 13.9. The molecule has 8 nitrogen and oxygen atoms in total. The van der Waals surface area contributed by atoms with E-state index in [1.54, 1.807) is 17.0 Å². The lowest BCUT2D eigenvalue weighted by molar-refractivity contribution is -0.134. The Morgan fingerprint density at radius 2 is 1.90 bits per heavy atom. The topological polar surface area (TPSA) is 96.0 Å². The minimum atomic E-state index is -3.44. The fourth-order valence-electron chi connectivity index (χ4n) is 4.15. The number of para-hydroxylation sites is 1. The van der Waals surface area contributed by atoms with Crippen LogP contribution in [0.15, 0.2) is 30.3 Å². The second-order valence-electron chi connectivity index (χ2n) is 7.61. The third-order valence-corrected chi connectivity index (χ3v) is 6.86. The molecule has 2 fully saturated rings. The summed E-state index contributed by atoms with van der Waals surface area (Å²) in [4.78, 5) is 26.9. The van der Waals surface area contributed by atoms with E-state index in [0.717, 1.165) is 6.42 Å². The van der Waals surface area contributed by atoms with Crippen molar-refractivity contribution in [2.45, 2.75) is 31.7 Å². The lowest BCUT2D eigenvalue weighted by Crippen LogP contribution is -2.47. The lowest BCUT2D eigenvalue weighted by atomic mass is 10.0. The Balaban J connectivity index is 1.67. The molecule has 1 aromatic rings. The first-order valence-corrected chi connectivity index (χ1v) is 11.9. The van der Waals surface area contributed by atoms with Crippen molar-refractivity contribution in [1.82, 2.24) is 14.5 Å². The van der Waals surface area contributed by atoms with Crippen molar-refractivity contribution in [3.05, 3.63) is 30.3 Å². The molecule has 0 aromatic heterocycles. The summed E-state index contributed by atoms with van der Waals surface area (Å²) >= 11 is 0. The van der Waals surface area contributed by atoms with Crippen molar-refractivity contribution in [1.29, 1.82) is 0 Å². The second-order valence-corrected chi connectivity index (χ2v) is 9.54. The number of benzene rings is 1. The fourth-order valence-corrected chi connectivity index (χ4v) is 5.35. The van der Waals surface area contributed by atoms with Crippen LogP contribution >= 0.6 is 0 Å². The zero-order valence-corrected chi connectivity index (χ0v) is 17.6. The average Bonchev–Trinajstić information content (AvgIpc) is 3.15. The molecule has 160 valence electrons. The zero-order chi connectivity index (χ0) is 20.9. The molecule has 0 bridgehead atoms. The van der Waals surface area contributed by atoms with E-state index in [1.165, 1.54) is 10.6 Å². The second kappa shape index (κ2) is 9.58. The van der Waals surface area contributed by atoms with Gasteiger partial charge in [0.05, 0.1) is 12.2 Å². The van der Waals surface area contributed by atoms with Crippen LogP contribution in [0.4, 0.5) is 0 Å². The maximum atomic E-state index is 12.6. The Labute approximate surface area is 172 Å². The van der Waals surface area contributed by atoms with Gasteiger partial charge in [-0.2, -0.15) is 4.31 Å². The number of fused-ring (bicyclic) bond motifs is 1. The summed E-state index contributed by atoms with van der Waals surface area (Å²) in [5.41, 5.74) is 0. The summed E-state index contributed by atoms with van der Waals surface area (Å²) in [6.07, 6.45) is 3.93. The summed E-state index contributed by atoms with van der Waals surface area (Å²) < 4.78 is 31.7. The molecule has 29 heavy (non-hydrogen) atoms. The van der Waals surface area contributed by atoms with Crippen molar-refractivity contribution in [3.8, 4) is 5.75 Å². The largest absolute Gasteiger partial charge is 0.484 e. The van der Waals surface area contributed by atoms with Gasteiger partial charge in [0.15, 0.2) is 6.61 Å². The SMILES string of the molecule is CS(=O)(=O)N1CCCN(C(=O)COc2ccccc2)CCNC(=O)C2CCCC21. The number of carbonyl (C=O) groups excluding carboxylic acids is 2. The third kappa shape index (κ3) is 5.70. The summed E-state index contributed by atoms with van der Waals surface area (Å²) in [6.45, 7) is 1.34. The van der Waals surface area contributed by atoms with E-state index in [4.69, 9.17) is 4.74 Å². The average molecular weight is 424 g/mol. The number of nitrogens with one attached hydrogen (secondary N) is 1. The highest BCUT2D eigenvalue weighted by Gasteiger charge is 2.40. The van der Waals surface area contributed by atoms with Gasteiger partial charge in [-0.15, -0.1) is 0 Å². The van der Waals surface area contributed by atoms with E-state index in [9.17, 15) is 18.0 Å². The molecule has 1 heterocycles. The minimum absolute atomic E-state index is 0.0982. The van der Waals surface area contributed by atoms with Gasteiger partial charge in [0.2, 0.25) is 15.9 Å². The molecule has 2 amide bonds. The molecule has 1 aliphatic carbocycles. The highest BCUT2D eigenvalue weighted by atomic mass is 32.2. The molecule has 1 aliphatic heterocycles. The monoisotopic (exact) mass is 423 g/mol. The van der Waals surface area contributed by atoms with E-state index in [2.05, 4.69) is 5.32 Å². The van der Waals surface area contributed by atoms with Gasteiger partial charge in [0, 0.05) is 32.2 Å². The standard InChI is InChI=1S/C20H29N3O5S/c1-29(26,27)23-13-6-12-22(19(24)15-28-16-7-3-2-4-8-16)14-11-21-20(25)17-9-5-10-18(17)23/h2-4,7-8,17-18H,5-6,9-15H2,1H3,(H,21,25). The quantitative estimate of drug-likeness (QED) is 0.774. The van der Waals surface area contributed by atoms with E-state index in [1.807, 2.05) is 18.2 Å². The Bertz CT molecular complexity index is 815. The lowest BCUT2D eigenvalue weighted by Gasteiger charge is -2.30. The number of rotatable bonds is 4. The first kappa shape index (κ1) is 21.6. The summed E-state index contributed by atoms with van der Waals surface area (Å²) in [6, 6.07) is 8.80. The molecule has 1 saturated heterocycles. The molecule has 1 saturated carbocycles. The summed E-state index contributed by atoms with van der Waals surface area (Å²) in [5, 5.41) is 2.89. The Hall–Kier alpha value is -2.13. The minimum Gasteiger partial charge on any atom is -0.484 e. The number of nitrogens with zero attached hydrogens (tertiary/aromatic N) is 2. The van der Waals surface area contributed by atoms with Gasteiger partial charge in [0.25, 0.3) is 5.91 Å². The van der Waals surface area contributed by atoms with E-state index in [-0.39, 0.29) is 30.4 Å². The highest BCUT2D eigenvalue weighted by molar-refractivity contribution is 7.88. The van der Waals surface area contributed by atoms with Crippen LogP contribution in [0.3, 0.4) is 0 Å². The van der Waals surface area contributed by atoms with Crippen molar-refractivity contribution >= 4 is 21.8 Å². The Morgan fingerprint density at radius 1 is 1.14 bits per heavy atom. The molecule has 0 radical (unpaired) electrons. The highest BCUT2D eigenvalue weighted by Crippen LogP contribution is 2.32. The predicted molar refractivity (Wildman–Crippen MR) is 109 cm³/mol. The van der Waals surface area contributed by atoms with Gasteiger partial charge in [-0.25, -0.2) is 8.42 Å². The molecular weight excluding hydrogens is 394 g/mol. The normalized spacial score (nSPS) is 24.3. The zero-order valence-electron chi connectivity index (χ0n) is 16.7. The van der Waals surface area contributed by atoms with Gasteiger partial charge in [0.1, 0.15) is 5.75 Å². The molecule has 3 rings (SSSR count). The number of amides is 2. The molecule has 2 unspecified atom stereocenters. The molecule has 2 aliphatic rings. The van der Waals surface area contributed by atoms with Gasteiger partial charge in [-0.1, -0.05) is 24.6 Å². The number of hydrogen-bond donors (Lipinski definition) is 1. The van der Waals surface area contributed by atoms with Gasteiger partial charge in [-0.3, -0.25) is 9.59 Å². The van der Waals surface area contributed by atoms with Crippen LogP contribution in [0.25, 0.3) is 0 Å². The molecule has 2 atom stereocenters. The van der Waals surface area contributed by atoms with Crippen LogP contribution in [0.2, 0.25) is 0 Å². The number of hydrogen-bond acceptors (Lipinski definition) is 5. The summed E-state index contributed by atoms with van der Waals surface area (Å²) in [5.74, 6) is -0.0269. The van der Waals surface area contributed by atoms with Gasteiger partial charge < -0.3 is 15.0 Å². The number of carbonyl (C=O) groups is 2. The number of ether oxygens (including phenoxy) is 1. The van der Waals surface area contributed by atoms with Gasteiger partial charge >= 0.3 is 0 Å². The third-order valence-electron chi connectivity index (χ3n) is 5.56. The van der Waals surface area contributed by atoms with Crippen molar-refractivity contribution in [2.75, 3.05) is 39.0 Å².